The number of aromatic nitrogens is 1. The fourth-order valence-corrected chi connectivity index (χ4v) is 4.16. The van der Waals surface area contributed by atoms with E-state index in [1.807, 2.05) is 48.5 Å². The second kappa shape index (κ2) is 12.7. The summed E-state index contributed by atoms with van der Waals surface area (Å²) < 4.78 is 5.45. The number of fused-ring (bicyclic) bond motifs is 1. The summed E-state index contributed by atoms with van der Waals surface area (Å²) in [5, 5.41) is 11.9. The molecule has 1 amide bonds. The molecule has 1 fully saturated rings. The number of pyridine rings is 1. The number of likely N-dealkylation sites (N-methyl/N-ethyl adjacent to an activating group) is 1. The molecule has 3 aromatic rings. The number of carboxylic acid groups (broad SMARTS) is 1. The van der Waals surface area contributed by atoms with Crippen molar-refractivity contribution >= 4 is 23.2 Å². The Morgan fingerprint density at radius 2 is 1.76 bits per heavy atom. The van der Waals surface area contributed by atoms with Crippen molar-refractivity contribution in [3.63, 3.8) is 0 Å². The molecule has 1 aliphatic heterocycles. The lowest BCUT2D eigenvalue weighted by atomic mass is 9.95. The lowest BCUT2D eigenvalue weighted by molar-refractivity contribution is -0.122. The maximum Gasteiger partial charge on any atom is 0.290 e. The lowest BCUT2D eigenvalue weighted by Gasteiger charge is -2.32. The summed E-state index contributed by atoms with van der Waals surface area (Å²) in [7, 11) is 3.79. The first-order valence-corrected chi connectivity index (χ1v) is 11.4. The molecule has 1 saturated heterocycles. The van der Waals surface area contributed by atoms with Gasteiger partial charge >= 0.3 is 0 Å². The molecule has 1 aromatic heterocycles. The van der Waals surface area contributed by atoms with Gasteiger partial charge in [0, 0.05) is 50.0 Å². The van der Waals surface area contributed by atoms with Crippen molar-refractivity contribution in [3.8, 4) is 17.0 Å². The molecule has 0 spiro atoms. The Kier molecular flexibility index (Phi) is 9.37. The van der Waals surface area contributed by atoms with Gasteiger partial charge in [-0.2, -0.15) is 0 Å². The van der Waals surface area contributed by atoms with Gasteiger partial charge < -0.3 is 25.0 Å². The topological polar surface area (TPSA) is 95.0 Å². The number of piperazine rings is 1. The molecule has 34 heavy (non-hydrogen) atoms. The average Bonchev–Trinajstić information content (AvgIpc) is 2.87. The Labute approximate surface area is 200 Å². The number of nitrogens with one attached hydrogen (secondary N) is 1. The number of ether oxygens (including phenoxy) is 1. The summed E-state index contributed by atoms with van der Waals surface area (Å²) >= 11 is 0. The van der Waals surface area contributed by atoms with Crippen molar-refractivity contribution in [1.82, 2.24) is 20.1 Å². The van der Waals surface area contributed by atoms with Crippen molar-refractivity contribution in [1.29, 1.82) is 0 Å². The Morgan fingerprint density at radius 3 is 2.47 bits per heavy atom. The highest BCUT2D eigenvalue weighted by molar-refractivity contribution is 6.11. The van der Waals surface area contributed by atoms with Crippen LogP contribution in [-0.2, 0) is 4.79 Å². The number of carbonyl (C=O) groups excluding carboxylic acids is 1. The van der Waals surface area contributed by atoms with E-state index in [1.54, 1.807) is 13.3 Å². The fourth-order valence-electron chi connectivity index (χ4n) is 4.16. The van der Waals surface area contributed by atoms with E-state index < -0.39 is 0 Å². The van der Waals surface area contributed by atoms with Crippen molar-refractivity contribution in [2.75, 3.05) is 53.4 Å². The molecule has 0 bridgehead atoms. The third-order valence-corrected chi connectivity index (χ3v) is 5.96. The molecule has 0 aliphatic carbocycles. The number of carbonyl (C=O) groups is 2. The smallest absolute Gasteiger partial charge is 0.290 e. The predicted octanol–water partition coefficient (Wildman–Crippen LogP) is 2.98. The van der Waals surface area contributed by atoms with Crippen LogP contribution in [0.1, 0.15) is 16.8 Å². The van der Waals surface area contributed by atoms with Crippen LogP contribution in [0.15, 0.2) is 54.7 Å². The largest absolute Gasteiger partial charge is 0.483 e. The van der Waals surface area contributed by atoms with Crippen molar-refractivity contribution in [3.05, 3.63) is 60.3 Å². The molecule has 2 N–H and O–H groups in total. The number of rotatable bonds is 7. The van der Waals surface area contributed by atoms with Gasteiger partial charge in [0.05, 0.1) is 7.11 Å². The number of nitrogens with zero attached hydrogens (tertiary/aromatic N) is 3. The quantitative estimate of drug-likeness (QED) is 0.410. The Balaban J connectivity index is 0.00000103. The van der Waals surface area contributed by atoms with Crippen LogP contribution in [0.3, 0.4) is 0 Å². The number of hydrogen-bond acceptors (Lipinski definition) is 6. The van der Waals surface area contributed by atoms with Gasteiger partial charge in [0.25, 0.3) is 12.4 Å². The zero-order chi connectivity index (χ0) is 24.3. The first-order valence-electron chi connectivity index (χ1n) is 11.4. The highest BCUT2D eigenvalue weighted by Gasteiger charge is 2.16. The van der Waals surface area contributed by atoms with Crippen LogP contribution in [-0.4, -0.2) is 85.7 Å². The molecular formula is C26H32N4O4. The average molecular weight is 465 g/mol. The van der Waals surface area contributed by atoms with Crippen LogP contribution in [0.4, 0.5) is 0 Å². The van der Waals surface area contributed by atoms with Gasteiger partial charge in [0.15, 0.2) is 0 Å². The van der Waals surface area contributed by atoms with Gasteiger partial charge in [0.1, 0.15) is 0 Å². The SMILES string of the molecule is COc1ncccc1-c1ccc(C(=O)NCCCN2CCN(C)CC2)c2ccccc12.O=CO. The predicted molar refractivity (Wildman–Crippen MR) is 133 cm³/mol. The van der Waals surface area contributed by atoms with E-state index in [-0.39, 0.29) is 12.4 Å². The molecule has 2 aromatic carbocycles. The summed E-state index contributed by atoms with van der Waals surface area (Å²) in [6, 6.07) is 15.8. The second-order valence-electron chi connectivity index (χ2n) is 8.13. The maximum absolute atomic E-state index is 13.0. The zero-order valence-electron chi connectivity index (χ0n) is 19.7. The van der Waals surface area contributed by atoms with Crippen LogP contribution >= 0.6 is 0 Å². The monoisotopic (exact) mass is 464 g/mol. The van der Waals surface area contributed by atoms with E-state index >= 15 is 0 Å². The van der Waals surface area contributed by atoms with Crippen molar-refractivity contribution < 1.29 is 19.4 Å². The zero-order valence-corrected chi connectivity index (χ0v) is 19.7. The fraction of sp³-hybridized carbons (Fsp3) is 0.346. The molecule has 2 heterocycles. The molecule has 8 heteroatoms. The molecule has 0 saturated carbocycles. The lowest BCUT2D eigenvalue weighted by Crippen LogP contribution is -2.45. The van der Waals surface area contributed by atoms with Gasteiger partial charge in [-0.15, -0.1) is 0 Å². The highest BCUT2D eigenvalue weighted by atomic mass is 16.5. The third-order valence-electron chi connectivity index (χ3n) is 5.96. The van der Waals surface area contributed by atoms with Gasteiger partial charge in [0.2, 0.25) is 5.88 Å². The third kappa shape index (κ3) is 6.30. The van der Waals surface area contributed by atoms with Crippen LogP contribution in [0.25, 0.3) is 21.9 Å². The van der Waals surface area contributed by atoms with E-state index in [1.165, 1.54) is 0 Å². The summed E-state index contributed by atoms with van der Waals surface area (Å²) in [6.45, 7) is 5.90. The molecule has 0 atom stereocenters. The van der Waals surface area contributed by atoms with Gasteiger partial charge in [-0.05, 0) is 54.5 Å². The minimum absolute atomic E-state index is 0.0284. The van der Waals surface area contributed by atoms with Crippen LogP contribution < -0.4 is 10.1 Å². The maximum atomic E-state index is 13.0. The summed E-state index contributed by atoms with van der Waals surface area (Å²) in [4.78, 5) is 30.5. The second-order valence-corrected chi connectivity index (χ2v) is 8.13. The molecule has 4 rings (SSSR count). The molecule has 1 aliphatic rings. The van der Waals surface area contributed by atoms with E-state index in [2.05, 4.69) is 27.1 Å². The van der Waals surface area contributed by atoms with Gasteiger partial charge in [-0.1, -0.05) is 30.3 Å². The first kappa shape index (κ1) is 25.1. The van der Waals surface area contributed by atoms with E-state index in [4.69, 9.17) is 14.6 Å². The number of benzene rings is 2. The summed E-state index contributed by atoms with van der Waals surface area (Å²) in [5.74, 6) is 0.549. The summed E-state index contributed by atoms with van der Waals surface area (Å²) in [6.07, 6.45) is 2.67. The normalized spacial score (nSPS) is 14.2. The minimum atomic E-state index is -0.250. The van der Waals surface area contributed by atoms with Crippen LogP contribution in [0.2, 0.25) is 0 Å². The number of amides is 1. The van der Waals surface area contributed by atoms with Crippen LogP contribution in [0, 0.1) is 0 Å². The van der Waals surface area contributed by atoms with Gasteiger partial charge in [-0.25, -0.2) is 4.98 Å². The van der Waals surface area contributed by atoms with E-state index in [9.17, 15) is 4.79 Å². The molecular weight excluding hydrogens is 432 g/mol. The Bertz CT molecular complexity index is 1100. The highest BCUT2D eigenvalue weighted by Crippen LogP contribution is 2.35. The Morgan fingerprint density at radius 1 is 1.06 bits per heavy atom. The molecule has 180 valence electrons. The molecule has 0 unspecified atom stereocenters. The Hall–Kier alpha value is -3.49. The number of hydrogen-bond donors (Lipinski definition) is 2. The summed E-state index contributed by atoms with van der Waals surface area (Å²) in [5.41, 5.74) is 2.62. The van der Waals surface area contributed by atoms with Crippen molar-refractivity contribution in [2.24, 2.45) is 0 Å². The van der Waals surface area contributed by atoms with E-state index in [0.29, 0.717) is 18.0 Å². The first-order chi connectivity index (χ1) is 16.6. The molecule has 8 nitrogen and oxygen atoms in total. The van der Waals surface area contributed by atoms with Gasteiger partial charge in [-0.3, -0.25) is 9.59 Å². The molecule has 0 radical (unpaired) electrons. The standard InChI is InChI=1S/C25H30N4O2.CH2O2/c1-28-15-17-29(18-16-28)14-6-13-26-24(30)22-11-10-21(19-7-3-4-8-20(19)22)23-9-5-12-27-25(23)31-2;2-1-3/h3-5,7-12H,6,13-18H2,1-2H3,(H,26,30);1H,(H,2,3). The van der Waals surface area contributed by atoms with Crippen LogP contribution in [0.5, 0.6) is 5.88 Å². The minimum Gasteiger partial charge on any atom is -0.483 e. The van der Waals surface area contributed by atoms with E-state index in [0.717, 1.165) is 61.0 Å². The van der Waals surface area contributed by atoms with Crippen molar-refractivity contribution in [2.45, 2.75) is 6.42 Å². The number of methoxy groups -OCH3 is 1.